The van der Waals surface area contributed by atoms with Crippen LogP contribution >= 0.6 is 0 Å². The Bertz CT molecular complexity index is 659. The molecule has 0 unspecified atom stereocenters. The van der Waals surface area contributed by atoms with Crippen molar-refractivity contribution in [2.45, 2.75) is 0 Å². The topological polar surface area (TPSA) is 50.8 Å². The van der Waals surface area contributed by atoms with Crippen molar-refractivity contribution in [2.75, 3.05) is 7.11 Å². The van der Waals surface area contributed by atoms with Gasteiger partial charge in [0.15, 0.2) is 0 Å². The van der Waals surface area contributed by atoms with Gasteiger partial charge in [-0.3, -0.25) is 5.10 Å². The van der Waals surface area contributed by atoms with Gasteiger partial charge in [0.1, 0.15) is 11.4 Å². The van der Waals surface area contributed by atoms with Crippen LogP contribution in [0.3, 0.4) is 0 Å². The Labute approximate surface area is 111 Å². The van der Waals surface area contributed by atoms with E-state index in [4.69, 9.17) is 4.74 Å². The van der Waals surface area contributed by atoms with E-state index in [9.17, 15) is 0 Å². The number of aromatic amines is 1. The molecule has 0 aliphatic carbocycles. The van der Waals surface area contributed by atoms with Gasteiger partial charge in [-0.2, -0.15) is 0 Å². The number of aromatic nitrogens is 3. The second-order valence-electron chi connectivity index (χ2n) is 3.99. The van der Waals surface area contributed by atoms with Gasteiger partial charge < -0.3 is 4.74 Å². The Morgan fingerprint density at radius 2 is 1.79 bits per heavy atom. The lowest BCUT2D eigenvalue weighted by molar-refractivity contribution is 0.415. The molecule has 92 valence electrons. The normalized spacial score (nSPS) is 10.4. The molecule has 4 heteroatoms. The predicted molar refractivity (Wildman–Crippen MR) is 71.5 cm³/mol. The molecular weight excluding hydrogens is 238 g/mol. The third-order valence-electron chi connectivity index (χ3n) is 2.85. The number of methoxy groups -OCH3 is 1. The van der Waals surface area contributed by atoms with E-state index in [0.29, 0.717) is 0 Å². The number of H-pyrrole nitrogens is 1. The third-order valence-corrected chi connectivity index (χ3v) is 2.85. The highest BCUT2D eigenvalue weighted by Gasteiger charge is 2.11. The minimum absolute atomic E-state index is 0.790. The van der Waals surface area contributed by atoms with Crippen LogP contribution < -0.4 is 4.74 Å². The van der Waals surface area contributed by atoms with Gasteiger partial charge in [-0.25, -0.2) is 0 Å². The molecule has 0 amide bonds. The lowest BCUT2D eigenvalue weighted by Gasteiger charge is -2.03. The van der Waals surface area contributed by atoms with Gasteiger partial charge in [0, 0.05) is 11.1 Å². The Balaban J connectivity index is 2.04. The van der Waals surface area contributed by atoms with Gasteiger partial charge in [0.25, 0.3) is 0 Å². The first-order chi connectivity index (χ1) is 9.38. The Kier molecular flexibility index (Phi) is 2.98. The molecule has 0 aliphatic rings. The van der Waals surface area contributed by atoms with Gasteiger partial charge in [0.2, 0.25) is 0 Å². The van der Waals surface area contributed by atoms with Crippen LogP contribution in [0, 0.1) is 12.1 Å². The molecule has 0 spiro atoms. The first-order valence-electron chi connectivity index (χ1n) is 5.81. The summed E-state index contributed by atoms with van der Waals surface area (Å²) in [6, 6.07) is 19.2. The van der Waals surface area contributed by atoms with Crippen LogP contribution in [0.25, 0.3) is 22.5 Å². The van der Waals surface area contributed by atoms with E-state index in [-0.39, 0.29) is 0 Å². The minimum Gasteiger partial charge on any atom is -0.497 e. The summed E-state index contributed by atoms with van der Waals surface area (Å²) in [5.41, 5.74) is 3.60. The van der Waals surface area contributed by atoms with Crippen molar-refractivity contribution in [3.8, 4) is 28.3 Å². The summed E-state index contributed by atoms with van der Waals surface area (Å²) < 4.78 is 5.15. The average Bonchev–Trinajstić information content (AvgIpc) is 2.98. The maximum atomic E-state index is 5.15. The molecule has 0 saturated heterocycles. The van der Waals surface area contributed by atoms with Gasteiger partial charge in [-0.05, 0) is 54.6 Å². The lowest BCUT2D eigenvalue weighted by atomic mass is 10.1. The molecular formula is C15H11N3O. The SMILES string of the molecule is COc1ccc(-c2[nH]nnc2-c2c[c]c[c]c2)cc1. The molecule has 1 N–H and O–H groups in total. The monoisotopic (exact) mass is 249 g/mol. The van der Waals surface area contributed by atoms with E-state index in [1.807, 2.05) is 36.4 Å². The van der Waals surface area contributed by atoms with Crippen LogP contribution in [0.4, 0.5) is 0 Å². The van der Waals surface area contributed by atoms with Crippen LogP contribution in [-0.2, 0) is 0 Å². The molecule has 4 nitrogen and oxygen atoms in total. The predicted octanol–water partition coefficient (Wildman–Crippen LogP) is 2.75. The molecule has 0 fully saturated rings. The Hall–Kier alpha value is -2.62. The zero-order valence-corrected chi connectivity index (χ0v) is 10.3. The van der Waals surface area contributed by atoms with Gasteiger partial charge in [-0.1, -0.05) is 5.21 Å². The summed E-state index contributed by atoms with van der Waals surface area (Å²) in [6.45, 7) is 0. The Morgan fingerprint density at radius 1 is 1.05 bits per heavy atom. The summed E-state index contributed by atoms with van der Waals surface area (Å²) in [4.78, 5) is 0. The largest absolute Gasteiger partial charge is 0.497 e. The van der Waals surface area contributed by atoms with Gasteiger partial charge in [0.05, 0.1) is 12.8 Å². The fourth-order valence-electron chi connectivity index (χ4n) is 1.88. The van der Waals surface area contributed by atoms with Crippen molar-refractivity contribution in [3.63, 3.8) is 0 Å². The number of nitrogens with zero attached hydrogens (tertiary/aromatic N) is 2. The van der Waals surface area contributed by atoms with Crippen LogP contribution in [-0.4, -0.2) is 22.5 Å². The molecule has 2 aromatic carbocycles. The van der Waals surface area contributed by atoms with Crippen molar-refractivity contribution >= 4 is 0 Å². The van der Waals surface area contributed by atoms with E-state index >= 15 is 0 Å². The van der Waals surface area contributed by atoms with Crippen LogP contribution in [0.5, 0.6) is 5.75 Å². The third kappa shape index (κ3) is 2.20. The van der Waals surface area contributed by atoms with Crippen LogP contribution in [0.1, 0.15) is 0 Å². The summed E-state index contributed by atoms with van der Waals surface area (Å²) in [5.74, 6) is 0.819. The maximum absolute atomic E-state index is 5.15. The Morgan fingerprint density at radius 3 is 2.47 bits per heavy atom. The highest BCUT2D eigenvalue weighted by Crippen LogP contribution is 2.28. The van der Waals surface area contributed by atoms with Crippen LogP contribution in [0.2, 0.25) is 0 Å². The summed E-state index contributed by atoms with van der Waals surface area (Å²) >= 11 is 0. The number of rotatable bonds is 3. The molecule has 0 aliphatic heterocycles. The molecule has 3 aromatic rings. The standard InChI is InChI=1S/C15H11N3O/c1-19-13-9-7-12(8-10-13)15-14(16-18-17-15)11-5-3-2-4-6-11/h2,5-10H,1H3,(H,16,17,18). The van der Waals surface area contributed by atoms with Crippen molar-refractivity contribution in [3.05, 3.63) is 54.6 Å². The zero-order valence-electron chi connectivity index (χ0n) is 10.3. The summed E-state index contributed by atoms with van der Waals surface area (Å²) in [5, 5.41) is 10.9. The number of nitrogens with one attached hydrogen (secondary N) is 1. The van der Waals surface area contributed by atoms with Crippen molar-refractivity contribution in [1.29, 1.82) is 0 Å². The fraction of sp³-hybridized carbons (Fsp3) is 0.0667. The van der Waals surface area contributed by atoms with E-state index in [1.54, 1.807) is 13.2 Å². The number of hydrogen-bond donors (Lipinski definition) is 1. The first kappa shape index (κ1) is 11.5. The summed E-state index contributed by atoms with van der Waals surface area (Å²) in [7, 11) is 1.65. The molecule has 0 atom stereocenters. The van der Waals surface area contributed by atoms with Crippen molar-refractivity contribution in [1.82, 2.24) is 15.4 Å². The maximum Gasteiger partial charge on any atom is 0.120 e. The average molecular weight is 249 g/mol. The van der Waals surface area contributed by atoms with E-state index < -0.39 is 0 Å². The molecule has 1 aromatic heterocycles. The first-order valence-corrected chi connectivity index (χ1v) is 5.81. The van der Waals surface area contributed by atoms with E-state index in [0.717, 1.165) is 28.3 Å². The van der Waals surface area contributed by atoms with Crippen molar-refractivity contribution in [2.24, 2.45) is 0 Å². The molecule has 0 saturated carbocycles. The van der Waals surface area contributed by atoms with Crippen molar-refractivity contribution < 1.29 is 4.74 Å². The molecule has 19 heavy (non-hydrogen) atoms. The highest BCUT2D eigenvalue weighted by molar-refractivity contribution is 5.77. The van der Waals surface area contributed by atoms with Gasteiger partial charge >= 0.3 is 0 Å². The van der Waals surface area contributed by atoms with E-state index in [2.05, 4.69) is 27.5 Å². The molecule has 3 rings (SSSR count). The lowest BCUT2D eigenvalue weighted by Crippen LogP contribution is -1.85. The quantitative estimate of drug-likeness (QED) is 0.776. The highest BCUT2D eigenvalue weighted by atomic mass is 16.5. The van der Waals surface area contributed by atoms with Gasteiger partial charge in [-0.15, -0.1) is 5.10 Å². The second-order valence-corrected chi connectivity index (χ2v) is 3.99. The second kappa shape index (κ2) is 4.94. The summed E-state index contributed by atoms with van der Waals surface area (Å²) in [6.07, 6.45) is 0. The zero-order chi connectivity index (χ0) is 13.1. The molecule has 1 heterocycles. The van der Waals surface area contributed by atoms with Crippen LogP contribution in [0.15, 0.2) is 42.5 Å². The fourth-order valence-corrected chi connectivity index (χ4v) is 1.88. The molecule has 2 radical (unpaired) electrons. The number of ether oxygens (including phenoxy) is 1. The minimum atomic E-state index is 0.790. The molecule has 0 bridgehead atoms. The number of hydrogen-bond acceptors (Lipinski definition) is 3. The van der Waals surface area contributed by atoms with E-state index in [1.165, 1.54) is 0 Å². The number of benzene rings is 2. The smallest absolute Gasteiger partial charge is 0.120 e.